The molecule has 0 N–H and O–H groups in total. The predicted octanol–water partition coefficient (Wildman–Crippen LogP) is 12.6. The molecule has 2 heterocycles. The molecule has 0 saturated heterocycles. The second-order valence-electron chi connectivity index (χ2n) is 12.1. The summed E-state index contributed by atoms with van der Waals surface area (Å²) in [6.45, 7) is 0. The fraction of sp³-hybridized carbons (Fsp3) is 0. The van der Waals surface area contributed by atoms with E-state index in [1.54, 1.807) is 0 Å². The molecule has 0 bridgehead atoms. The van der Waals surface area contributed by atoms with Gasteiger partial charge in [-0.3, -0.25) is 0 Å². The molecule has 0 spiro atoms. The van der Waals surface area contributed by atoms with E-state index < -0.39 is 0 Å². The minimum atomic E-state index is 1.17. The van der Waals surface area contributed by atoms with Gasteiger partial charge in [-0.05, 0) is 92.5 Å². The van der Waals surface area contributed by atoms with Gasteiger partial charge in [0.15, 0.2) is 0 Å². The number of benzene rings is 8. The lowest BCUT2D eigenvalue weighted by Crippen LogP contribution is -1.96. The maximum Gasteiger partial charge on any atom is 0.0625 e. The van der Waals surface area contributed by atoms with Gasteiger partial charge in [-0.2, -0.15) is 0 Å². The standard InChI is InChI=1S/C44H27NS/c1-2-16-33(17-3-1)45-39-21-7-6-19-35(39)38-27-31-11-4-5-18-34(31)43(44(38)45)32-15-8-14-29(25-32)30-23-24-40-37(26-30)36-20-9-12-28-13-10-22-41(46-40)42(28)36/h1-27H. The minimum absolute atomic E-state index is 1.17. The number of aromatic nitrogens is 1. The van der Waals surface area contributed by atoms with Crippen LogP contribution in [0, 0.1) is 0 Å². The van der Waals surface area contributed by atoms with Crippen molar-refractivity contribution in [3.63, 3.8) is 0 Å². The lowest BCUT2D eigenvalue weighted by molar-refractivity contribution is 1.18. The molecule has 1 aliphatic heterocycles. The molecule has 214 valence electrons. The van der Waals surface area contributed by atoms with Gasteiger partial charge in [-0.15, -0.1) is 0 Å². The molecular formula is C44H27NS. The van der Waals surface area contributed by atoms with Crippen LogP contribution in [0.4, 0.5) is 0 Å². The van der Waals surface area contributed by atoms with Crippen LogP contribution in [0.25, 0.3) is 82.4 Å². The number of rotatable bonds is 3. The van der Waals surface area contributed by atoms with Gasteiger partial charge >= 0.3 is 0 Å². The fourth-order valence-corrected chi connectivity index (χ4v) is 8.65. The van der Waals surface area contributed by atoms with Crippen LogP contribution < -0.4 is 0 Å². The smallest absolute Gasteiger partial charge is 0.0625 e. The minimum Gasteiger partial charge on any atom is -0.309 e. The Labute approximate surface area is 271 Å². The van der Waals surface area contributed by atoms with Crippen molar-refractivity contribution >= 4 is 55.1 Å². The van der Waals surface area contributed by atoms with Crippen molar-refractivity contribution < 1.29 is 0 Å². The van der Waals surface area contributed by atoms with E-state index in [1.807, 2.05) is 11.8 Å². The van der Waals surface area contributed by atoms with Crippen LogP contribution in [0.5, 0.6) is 0 Å². The van der Waals surface area contributed by atoms with Gasteiger partial charge in [0.05, 0.1) is 11.0 Å². The molecule has 0 saturated carbocycles. The van der Waals surface area contributed by atoms with Crippen LogP contribution in [-0.2, 0) is 0 Å². The van der Waals surface area contributed by atoms with Crippen LogP contribution in [-0.4, -0.2) is 4.57 Å². The zero-order chi connectivity index (χ0) is 30.2. The Kier molecular flexibility index (Phi) is 5.58. The van der Waals surface area contributed by atoms with Crippen molar-refractivity contribution in [2.24, 2.45) is 0 Å². The number of para-hydroxylation sites is 2. The molecule has 9 aromatic rings. The number of fused-ring (bicyclic) bond motifs is 6. The van der Waals surface area contributed by atoms with Gasteiger partial charge in [0, 0.05) is 37.2 Å². The summed E-state index contributed by atoms with van der Waals surface area (Å²) in [5, 5.41) is 7.72. The summed E-state index contributed by atoms with van der Waals surface area (Å²) in [5.41, 5.74) is 11.2. The van der Waals surface area contributed by atoms with Crippen molar-refractivity contribution in [3.05, 3.63) is 164 Å². The first-order valence-electron chi connectivity index (χ1n) is 15.8. The molecule has 8 aromatic carbocycles. The third-order valence-electron chi connectivity index (χ3n) is 9.54. The molecule has 1 aromatic heterocycles. The molecule has 0 radical (unpaired) electrons. The SMILES string of the molecule is c1ccc(-n2c3ccccc3c3cc4ccccc4c(-c4cccc(-c5ccc6c(c5)-c5cccc7cccc(c57)S6)c4)c32)cc1. The Bertz CT molecular complexity index is 2660. The van der Waals surface area contributed by atoms with Crippen molar-refractivity contribution in [3.8, 4) is 39.1 Å². The molecule has 0 aliphatic carbocycles. The molecule has 46 heavy (non-hydrogen) atoms. The first kappa shape index (κ1) is 25.7. The Morgan fingerprint density at radius 3 is 2.04 bits per heavy atom. The summed E-state index contributed by atoms with van der Waals surface area (Å²) in [7, 11) is 0. The van der Waals surface area contributed by atoms with Crippen LogP contribution in [0.3, 0.4) is 0 Å². The average molecular weight is 602 g/mol. The highest BCUT2D eigenvalue weighted by molar-refractivity contribution is 7.99. The Morgan fingerprint density at radius 2 is 1.13 bits per heavy atom. The summed E-state index contributed by atoms with van der Waals surface area (Å²) in [6, 6.07) is 60.2. The van der Waals surface area contributed by atoms with Gasteiger partial charge in [0.2, 0.25) is 0 Å². The topological polar surface area (TPSA) is 4.93 Å². The molecule has 2 heteroatoms. The van der Waals surface area contributed by atoms with Crippen LogP contribution in [0.2, 0.25) is 0 Å². The molecular weight excluding hydrogens is 575 g/mol. The predicted molar refractivity (Wildman–Crippen MR) is 196 cm³/mol. The van der Waals surface area contributed by atoms with E-state index in [0.29, 0.717) is 0 Å². The van der Waals surface area contributed by atoms with E-state index in [1.165, 1.54) is 92.2 Å². The molecule has 1 aliphatic rings. The monoisotopic (exact) mass is 601 g/mol. The lowest BCUT2D eigenvalue weighted by atomic mass is 9.91. The van der Waals surface area contributed by atoms with Gasteiger partial charge < -0.3 is 4.57 Å². The fourth-order valence-electron chi connectivity index (χ4n) is 7.53. The third kappa shape index (κ3) is 3.77. The Hall–Kier alpha value is -5.57. The van der Waals surface area contributed by atoms with Crippen LogP contribution >= 0.6 is 11.8 Å². The first-order valence-corrected chi connectivity index (χ1v) is 16.6. The van der Waals surface area contributed by atoms with E-state index in [0.717, 1.165) is 0 Å². The third-order valence-corrected chi connectivity index (χ3v) is 10.7. The second-order valence-corrected chi connectivity index (χ2v) is 13.2. The molecule has 0 fully saturated rings. The Morgan fingerprint density at radius 1 is 0.413 bits per heavy atom. The van der Waals surface area contributed by atoms with E-state index in [9.17, 15) is 0 Å². The van der Waals surface area contributed by atoms with Crippen LogP contribution in [0.1, 0.15) is 0 Å². The van der Waals surface area contributed by atoms with Crippen molar-refractivity contribution in [2.75, 3.05) is 0 Å². The van der Waals surface area contributed by atoms with E-state index in [2.05, 4.69) is 168 Å². The lowest BCUT2D eigenvalue weighted by Gasteiger charge is -2.21. The Balaban J connectivity index is 1.23. The van der Waals surface area contributed by atoms with E-state index in [-0.39, 0.29) is 0 Å². The molecule has 0 unspecified atom stereocenters. The summed E-state index contributed by atoms with van der Waals surface area (Å²) < 4.78 is 2.45. The highest BCUT2D eigenvalue weighted by Gasteiger charge is 2.21. The molecule has 1 nitrogen and oxygen atoms in total. The van der Waals surface area contributed by atoms with Gasteiger partial charge in [0.25, 0.3) is 0 Å². The summed E-state index contributed by atoms with van der Waals surface area (Å²) in [6.07, 6.45) is 0. The summed E-state index contributed by atoms with van der Waals surface area (Å²) in [5.74, 6) is 0. The highest BCUT2D eigenvalue weighted by Crippen LogP contribution is 2.49. The molecule has 10 rings (SSSR count). The highest BCUT2D eigenvalue weighted by atomic mass is 32.2. The summed E-state index contributed by atoms with van der Waals surface area (Å²) >= 11 is 1.88. The van der Waals surface area contributed by atoms with Crippen molar-refractivity contribution in [1.29, 1.82) is 0 Å². The number of nitrogens with zero attached hydrogens (tertiary/aromatic N) is 1. The van der Waals surface area contributed by atoms with Crippen LogP contribution in [0.15, 0.2) is 174 Å². The normalized spacial score (nSPS) is 12.3. The maximum absolute atomic E-state index is 2.45. The van der Waals surface area contributed by atoms with Crippen molar-refractivity contribution in [2.45, 2.75) is 9.79 Å². The molecule has 0 amide bonds. The zero-order valence-electron chi connectivity index (χ0n) is 24.9. The van der Waals surface area contributed by atoms with Gasteiger partial charge in [-0.25, -0.2) is 0 Å². The average Bonchev–Trinajstić information content (AvgIpc) is 3.45. The second kappa shape index (κ2) is 9.97. The first-order chi connectivity index (χ1) is 22.8. The summed E-state index contributed by atoms with van der Waals surface area (Å²) in [4.78, 5) is 2.65. The maximum atomic E-state index is 2.45. The quantitative estimate of drug-likeness (QED) is 0.195. The van der Waals surface area contributed by atoms with Crippen molar-refractivity contribution in [1.82, 2.24) is 4.57 Å². The largest absolute Gasteiger partial charge is 0.309 e. The number of hydrogen-bond donors (Lipinski definition) is 0. The van der Waals surface area contributed by atoms with E-state index >= 15 is 0 Å². The zero-order valence-corrected chi connectivity index (χ0v) is 25.8. The molecule has 0 atom stereocenters. The van der Waals surface area contributed by atoms with Gasteiger partial charge in [-0.1, -0.05) is 127 Å². The van der Waals surface area contributed by atoms with Gasteiger partial charge in [0.1, 0.15) is 0 Å². The van der Waals surface area contributed by atoms with E-state index in [4.69, 9.17) is 0 Å². The number of hydrogen-bond acceptors (Lipinski definition) is 1.